The maximum Gasteiger partial charge on any atom is 0.287 e. The quantitative estimate of drug-likeness (QED) is 0.732. The standard InChI is InChI=1S/C17H20BrN3O4/c18-15-6-5-14(25-15)17(23)20-11-16(22)19-10-12(13-4-3-9-24-13)21-7-1-2-8-21/h3-6,9,12H,1-2,7-8,10-11H2,(H,19,22)(H,20,23)/t12-/m1/s1. The third-order valence-corrected chi connectivity index (χ3v) is 4.58. The summed E-state index contributed by atoms with van der Waals surface area (Å²) in [6, 6.07) is 6.95. The molecule has 7 nitrogen and oxygen atoms in total. The first-order chi connectivity index (χ1) is 12.1. The van der Waals surface area contributed by atoms with Gasteiger partial charge in [0.25, 0.3) is 5.91 Å². The topological polar surface area (TPSA) is 87.7 Å². The van der Waals surface area contributed by atoms with Crippen molar-refractivity contribution in [3.63, 3.8) is 0 Å². The fourth-order valence-corrected chi connectivity index (χ4v) is 3.21. The van der Waals surface area contributed by atoms with Crippen LogP contribution in [0.25, 0.3) is 0 Å². The van der Waals surface area contributed by atoms with Crippen LogP contribution in [0.15, 0.2) is 44.0 Å². The van der Waals surface area contributed by atoms with E-state index in [1.165, 1.54) is 6.07 Å². The van der Waals surface area contributed by atoms with Gasteiger partial charge in [-0.15, -0.1) is 0 Å². The molecule has 1 saturated heterocycles. The van der Waals surface area contributed by atoms with Crippen molar-refractivity contribution < 1.29 is 18.4 Å². The molecule has 2 aromatic heterocycles. The van der Waals surface area contributed by atoms with E-state index < -0.39 is 5.91 Å². The summed E-state index contributed by atoms with van der Waals surface area (Å²) in [5, 5.41) is 5.40. The van der Waals surface area contributed by atoms with E-state index in [9.17, 15) is 9.59 Å². The van der Waals surface area contributed by atoms with Gasteiger partial charge in [0.2, 0.25) is 5.91 Å². The minimum absolute atomic E-state index is 0.0122. The molecule has 2 aromatic rings. The van der Waals surface area contributed by atoms with E-state index in [2.05, 4.69) is 31.5 Å². The molecule has 3 heterocycles. The maximum absolute atomic E-state index is 12.1. The van der Waals surface area contributed by atoms with Crippen LogP contribution >= 0.6 is 15.9 Å². The maximum atomic E-state index is 12.1. The van der Waals surface area contributed by atoms with Crippen molar-refractivity contribution in [3.8, 4) is 0 Å². The van der Waals surface area contributed by atoms with Crippen LogP contribution in [0.5, 0.6) is 0 Å². The summed E-state index contributed by atoms with van der Waals surface area (Å²) in [6.45, 7) is 2.31. The third kappa shape index (κ3) is 4.73. The Balaban J connectivity index is 1.49. The number of amides is 2. The van der Waals surface area contributed by atoms with Crippen molar-refractivity contribution in [1.82, 2.24) is 15.5 Å². The highest BCUT2D eigenvalue weighted by Crippen LogP contribution is 2.24. The molecule has 0 bridgehead atoms. The van der Waals surface area contributed by atoms with E-state index in [-0.39, 0.29) is 24.3 Å². The van der Waals surface area contributed by atoms with Gasteiger partial charge < -0.3 is 19.5 Å². The van der Waals surface area contributed by atoms with Gasteiger partial charge in [0.1, 0.15) is 5.76 Å². The zero-order chi connectivity index (χ0) is 17.6. The van der Waals surface area contributed by atoms with Crippen LogP contribution in [0.2, 0.25) is 0 Å². The summed E-state index contributed by atoms with van der Waals surface area (Å²) in [5.74, 6) is 0.314. The van der Waals surface area contributed by atoms with E-state index in [0.29, 0.717) is 11.2 Å². The molecule has 0 aliphatic carbocycles. The number of carbonyl (C=O) groups excluding carboxylic acids is 2. The molecule has 1 fully saturated rings. The second-order valence-corrected chi connectivity index (χ2v) is 6.65. The molecular formula is C17H20BrN3O4. The molecule has 2 N–H and O–H groups in total. The monoisotopic (exact) mass is 409 g/mol. The lowest BCUT2D eigenvalue weighted by Gasteiger charge is -2.26. The van der Waals surface area contributed by atoms with Crippen molar-refractivity contribution in [2.75, 3.05) is 26.2 Å². The molecule has 1 aliphatic heterocycles. The minimum Gasteiger partial charge on any atom is -0.468 e. The molecule has 0 saturated carbocycles. The number of rotatable bonds is 7. The van der Waals surface area contributed by atoms with Crippen LogP contribution in [0.3, 0.4) is 0 Å². The zero-order valence-electron chi connectivity index (χ0n) is 13.7. The Labute approximate surface area is 153 Å². The van der Waals surface area contributed by atoms with Crippen LogP contribution in [-0.2, 0) is 4.79 Å². The number of nitrogens with one attached hydrogen (secondary N) is 2. The first-order valence-corrected chi connectivity index (χ1v) is 9.00. The highest BCUT2D eigenvalue weighted by atomic mass is 79.9. The lowest BCUT2D eigenvalue weighted by atomic mass is 10.2. The smallest absolute Gasteiger partial charge is 0.287 e. The van der Waals surface area contributed by atoms with E-state index in [0.717, 1.165) is 31.7 Å². The first-order valence-electron chi connectivity index (χ1n) is 8.21. The molecule has 0 radical (unpaired) electrons. The molecule has 1 atom stereocenters. The van der Waals surface area contributed by atoms with Gasteiger partial charge in [0.05, 0.1) is 18.8 Å². The number of hydrogen-bond donors (Lipinski definition) is 2. The van der Waals surface area contributed by atoms with Gasteiger partial charge >= 0.3 is 0 Å². The van der Waals surface area contributed by atoms with E-state index in [4.69, 9.17) is 8.83 Å². The van der Waals surface area contributed by atoms with Gasteiger partial charge in [-0.05, 0) is 66.1 Å². The fraction of sp³-hybridized carbons (Fsp3) is 0.412. The highest BCUT2D eigenvalue weighted by Gasteiger charge is 2.26. The van der Waals surface area contributed by atoms with Crippen LogP contribution in [0.4, 0.5) is 0 Å². The summed E-state index contributed by atoms with van der Waals surface area (Å²) in [7, 11) is 0. The summed E-state index contributed by atoms with van der Waals surface area (Å²) < 4.78 is 11.1. The Morgan fingerprint density at radius 2 is 2.00 bits per heavy atom. The van der Waals surface area contributed by atoms with Gasteiger partial charge in [-0.2, -0.15) is 0 Å². The lowest BCUT2D eigenvalue weighted by molar-refractivity contribution is -0.120. The van der Waals surface area contributed by atoms with Crippen LogP contribution < -0.4 is 10.6 Å². The fourth-order valence-electron chi connectivity index (χ4n) is 2.90. The van der Waals surface area contributed by atoms with E-state index >= 15 is 0 Å². The molecule has 25 heavy (non-hydrogen) atoms. The Bertz CT molecular complexity index is 707. The largest absolute Gasteiger partial charge is 0.468 e. The summed E-state index contributed by atoms with van der Waals surface area (Å²) in [5.41, 5.74) is 0. The van der Waals surface area contributed by atoms with Gasteiger partial charge in [-0.3, -0.25) is 14.5 Å². The van der Waals surface area contributed by atoms with Gasteiger partial charge in [-0.25, -0.2) is 0 Å². The number of nitrogens with zero attached hydrogens (tertiary/aromatic N) is 1. The molecule has 1 aliphatic rings. The zero-order valence-corrected chi connectivity index (χ0v) is 15.3. The number of hydrogen-bond acceptors (Lipinski definition) is 5. The van der Waals surface area contributed by atoms with E-state index in [1.54, 1.807) is 12.3 Å². The number of halogens is 1. The number of carbonyl (C=O) groups is 2. The Morgan fingerprint density at radius 1 is 1.20 bits per heavy atom. The Hall–Kier alpha value is -2.06. The predicted octanol–water partition coefficient (Wildman–Crippen LogP) is 2.32. The average molecular weight is 410 g/mol. The van der Waals surface area contributed by atoms with Crippen molar-refractivity contribution in [3.05, 3.63) is 46.7 Å². The number of furan rings is 2. The SMILES string of the molecule is O=C(CNC(=O)c1ccc(Br)o1)NC[C@H](c1ccco1)N1CCCC1. The van der Waals surface area contributed by atoms with Crippen LogP contribution in [0, 0.1) is 0 Å². The molecule has 0 aromatic carbocycles. The van der Waals surface area contributed by atoms with Crippen LogP contribution in [-0.4, -0.2) is 42.9 Å². The average Bonchev–Trinajstić information content (AvgIpc) is 3.35. The van der Waals surface area contributed by atoms with E-state index in [1.807, 2.05) is 12.1 Å². The first kappa shape index (κ1) is 17.8. The second kappa shape index (κ2) is 8.35. The van der Waals surface area contributed by atoms with Gasteiger partial charge in [0, 0.05) is 6.54 Å². The summed E-state index contributed by atoms with van der Waals surface area (Å²) in [4.78, 5) is 26.2. The normalized spacial score (nSPS) is 15.9. The molecule has 8 heteroatoms. The van der Waals surface area contributed by atoms with Crippen molar-refractivity contribution >= 4 is 27.7 Å². The molecule has 134 valence electrons. The molecule has 0 unspecified atom stereocenters. The molecular weight excluding hydrogens is 390 g/mol. The summed E-state index contributed by atoms with van der Waals surface area (Å²) >= 11 is 3.13. The predicted molar refractivity (Wildman–Crippen MR) is 94.0 cm³/mol. The van der Waals surface area contributed by atoms with Gasteiger partial charge in [-0.1, -0.05) is 0 Å². The van der Waals surface area contributed by atoms with Gasteiger partial charge in [0.15, 0.2) is 10.4 Å². The lowest BCUT2D eigenvalue weighted by Crippen LogP contribution is -2.41. The van der Waals surface area contributed by atoms with Crippen molar-refractivity contribution in [2.24, 2.45) is 0 Å². The minimum atomic E-state index is -0.428. The van der Waals surface area contributed by atoms with Crippen LogP contribution in [0.1, 0.15) is 35.2 Å². The van der Waals surface area contributed by atoms with Crippen molar-refractivity contribution in [2.45, 2.75) is 18.9 Å². The number of likely N-dealkylation sites (tertiary alicyclic amines) is 1. The van der Waals surface area contributed by atoms with Crippen molar-refractivity contribution in [1.29, 1.82) is 0 Å². The Kier molecular flexibility index (Phi) is 5.93. The third-order valence-electron chi connectivity index (χ3n) is 4.15. The summed E-state index contributed by atoms with van der Waals surface area (Å²) in [6.07, 6.45) is 3.95. The second-order valence-electron chi connectivity index (χ2n) is 5.86. The molecule has 2 amide bonds. The molecule has 3 rings (SSSR count). The molecule has 0 spiro atoms. The highest BCUT2D eigenvalue weighted by molar-refractivity contribution is 9.10. The Morgan fingerprint density at radius 3 is 2.64 bits per heavy atom.